The zero-order valence-corrected chi connectivity index (χ0v) is 14.9. The van der Waals surface area contributed by atoms with Crippen molar-refractivity contribution >= 4 is 56.8 Å². The van der Waals surface area contributed by atoms with E-state index in [-0.39, 0.29) is 22.2 Å². The fourth-order valence-corrected chi connectivity index (χ4v) is 1.47. The van der Waals surface area contributed by atoms with E-state index in [4.69, 9.17) is 11.6 Å². The summed E-state index contributed by atoms with van der Waals surface area (Å²) in [5.74, 6) is 0.323. The highest BCUT2D eigenvalue weighted by molar-refractivity contribution is 8.24. The van der Waals surface area contributed by atoms with Crippen molar-refractivity contribution in [1.82, 2.24) is 4.57 Å². The van der Waals surface area contributed by atoms with Gasteiger partial charge in [0, 0.05) is 12.2 Å². The van der Waals surface area contributed by atoms with Gasteiger partial charge in [-0.05, 0) is 52.6 Å². The van der Waals surface area contributed by atoms with E-state index in [0.29, 0.717) is 12.2 Å². The van der Waals surface area contributed by atoms with E-state index in [0.717, 1.165) is 0 Å². The molecule has 1 atom stereocenters. The molecule has 4 nitrogen and oxygen atoms in total. The molecule has 0 aliphatic heterocycles. The van der Waals surface area contributed by atoms with E-state index in [1.807, 2.05) is 20.8 Å². The zero-order chi connectivity index (χ0) is 16.1. The van der Waals surface area contributed by atoms with Crippen molar-refractivity contribution in [1.29, 1.82) is 0 Å². The van der Waals surface area contributed by atoms with E-state index >= 15 is 0 Å². The highest BCUT2D eigenvalue weighted by Gasteiger charge is 2.14. The van der Waals surface area contributed by atoms with Crippen molar-refractivity contribution in [2.75, 3.05) is 0 Å². The van der Waals surface area contributed by atoms with Crippen LogP contribution in [0.25, 0.3) is 0 Å². The third-order valence-corrected chi connectivity index (χ3v) is 2.95. The average molecular weight is 381 g/mol. The van der Waals surface area contributed by atoms with Crippen molar-refractivity contribution in [3.8, 4) is 0 Å². The van der Waals surface area contributed by atoms with Crippen molar-refractivity contribution in [3.05, 3.63) is 33.2 Å². The number of carbonyl (C=O) groups excluding carboxylic acids is 1. The lowest BCUT2D eigenvalue weighted by Crippen LogP contribution is -2.28. The highest BCUT2D eigenvalue weighted by atomic mass is 36.0. The summed E-state index contributed by atoms with van der Waals surface area (Å²) < 4.78 is 11.1. The van der Waals surface area contributed by atoms with Gasteiger partial charge < -0.3 is 4.57 Å². The summed E-state index contributed by atoms with van der Waals surface area (Å²) in [4.78, 5) is 22.5. The molecule has 0 saturated carbocycles. The van der Waals surface area contributed by atoms with Crippen LogP contribution in [0.2, 0.25) is 5.02 Å². The van der Waals surface area contributed by atoms with Crippen LogP contribution in [0.5, 0.6) is 0 Å². The van der Waals surface area contributed by atoms with E-state index in [1.54, 1.807) is 16.8 Å². The summed E-state index contributed by atoms with van der Waals surface area (Å²) in [6, 6.07) is 1.62. The molecule has 0 amide bonds. The molecule has 1 aromatic heterocycles. The Labute approximate surface area is 136 Å². The summed E-state index contributed by atoms with van der Waals surface area (Å²) in [7, 11) is 0. The lowest BCUT2D eigenvalue weighted by Gasteiger charge is -2.19. The molecular weight excluding hydrogens is 367 g/mol. The van der Waals surface area contributed by atoms with Crippen molar-refractivity contribution in [2.24, 2.45) is 5.92 Å². The predicted molar refractivity (Wildman–Crippen MR) is 85.8 cm³/mol. The van der Waals surface area contributed by atoms with Gasteiger partial charge in [-0.2, -0.15) is 0 Å². The Bertz CT molecular complexity index is 559. The number of rotatable bonds is 3. The Hall–Kier alpha value is 0.01000. The van der Waals surface area contributed by atoms with Crippen LogP contribution in [0.4, 0.5) is 0 Å². The Morgan fingerprint density at radius 3 is 2.05 bits per heavy atom. The Kier molecular flexibility index (Phi) is 8.46. The molecule has 0 spiro atoms. The third-order valence-electron chi connectivity index (χ3n) is 2.63. The summed E-state index contributed by atoms with van der Waals surface area (Å²) in [6.07, 6.45) is 2.14. The quantitative estimate of drug-likeness (QED) is 0.525. The fraction of sp³-hybridized carbons (Fsp3) is 0.455. The monoisotopic (exact) mass is 379 g/mol. The highest BCUT2D eigenvalue weighted by Crippen LogP contribution is 2.61. The predicted octanol–water partition coefficient (Wildman–Crippen LogP) is 5.34. The van der Waals surface area contributed by atoms with Gasteiger partial charge in [-0.25, -0.2) is 0 Å². The van der Waals surface area contributed by atoms with Gasteiger partial charge in [0.25, 0.3) is 5.56 Å². The van der Waals surface area contributed by atoms with Gasteiger partial charge in [0.2, 0.25) is 0 Å². The van der Waals surface area contributed by atoms with Crippen LogP contribution in [0, 0.1) is 5.92 Å². The van der Waals surface area contributed by atoms with E-state index in [1.165, 1.54) is 0 Å². The first kappa shape index (κ1) is 20.0. The van der Waals surface area contributed by atoms with Crippen molar-refractivity contribution < 1.29 is 9.36 Å². The summed E-state index contributed by atoms with van der Waals surface area (Å²) >= 11 is 19.6. The van der Waals surface area contributed by atoms with Gasteiger partial charge in [-0.15, -0.1) is 0 Å². The summed E-state index contributed by atoms with van der Waals surface area (Å²) in [5.41, 5.74) is -0.287. The summed E-state index contributed by atoms with van der Waals surface area (Å²) in [6.45, 7) is 5.98. The SMILES string of the molecule is CC(C)C(C)n1ccc(Cl)c(C=O)c1=O.O=P(Cl)(Cl)Cl. The van der Waals surface area contributed by atoms with Crippen molar-refractivity contribution in [2.45, 2.75) is 26.8 Å². The third kappa shape index (κ3) is 7.14. The number of hydrogen-bond donors (Lipinski definition) is 0. The average Bonchev–Trinajstić information content (AvgIpc) is 2.26. The maximum Gasteiger partial charge on any atom is 0.339 e. The molecular formula is C11H14Cl4NO3P. The first-order valence-corrected chi connectivity index (χ1v) is 10.3. The first-order valence-electron chi connectivity index (χ1n) is 5.53. The topological polar surface area (TPSA) is 56.1 Å². The van der Waals surface area contributed by atoms with Crippen LogP contribution >= 0.6 is 50.5 Å². The number of nitrogens with zero attached hydrogens (tertiary/aromatic N) is 1. The molecule has 1 aromatic rings. The van der Waals surface area contributed by atoms with Gasteiger partial charge in [-0.3, -0.25) is 14.2 Å². The van der Waals surface area contributed by atoms with Crippen LogP contribution in [0.3, 0.4) is 0 Å². The van der Waals surface area contributed by atoms with Gasteiger partial charge in [0.05, 0.1) is 10.6 Å². The molecule has 0 N–H and O–H groups in total. The van der Waals surface area contributed by atoms with Crippen LogP contribution in [-0.2, 0) is 4.57 Å². The molecule has 1 unspecified atom stereocenters. The second-order valence-corrected chi connectivity index (χ2v) is 11.3. The minimum atomic E-state index is -3.22. The number of aromatic nitrogens is 1. The van der Waals surface area contributed by atoms with Crippen LogP contribution in [0.15, 0.2) is 17.1 Å². The number of halogens is 4. The molecule has 1 rings (SSSR count). The van der Waals surface area contributed by atoms with E-state index in [2.05, 4.69) is 33.7 Å². The molecule has 0 saturated heterocycles. The molecule has 0 aliphatic carbocycles. The molecule has 0 fully saturated rings. The van der Waals surface area contributed by atoms with Gasteiger partial charge >= 0.3 is 5.20 Å². The van der Waals surface area contributed by atoms with Crippen LogP contribution in [-0.4, -0.2) is 10.9 Å². The maximum absolute atomic E-state index is 11.8. The smallest absolute Gasteiger partial charge is 0.312 e. The second-order valence-electron chi connectivity index (χ2n) is 4.29. The minimum absolute atomic E-state index is 0.0340. The fourth-order valence-electron chi connectivity index (χ4n) is 1.29. The van der Waals surface area contributed by atoms with Gasteiger partial charge in [0.15, 0.2) is 6.29 Å². The van der Waals surface area contributed by atoms with Crippen LogP contribution in [0.1, 0.15) is 37.2 Å². The molecule has 9 heteroatoms. The van der Waals surface area contributed by atoms with Gasteiger partial charge in [-0.1, -0.05) is 25.4 Å². The molecule has 0 radical (unpaired) electrons. The normalized spacial score (nSPS) is 12.6. The lowest BCUT2D eigenvalue weighted by atomic mass is 10.1. The minimum Gasteiger partial charge on any atom is -0.312 e. The van der Waals surface area contributed by atoms with Crippen LogP contribution < -0.4 is 5.56 Å². The first-order chi connectivity index (χ1) is 8.99. The number of aldehydes is 1. The number of hydrogen-bond acceptors (Lipinski definition) is 3. The molecule has 0 aliphatic rings. The van der Waals surface area contributed by atoms with Crippen molar-refractivity contribution in [3.63, 3.8) is 0 Å². The van der Waals surface area contributed by atoms with E-state index in [9.17, 15) is 14.2 Å². The lowest BCUT2D eigenvalue weighted by molar-refractivity contribution is 0.112. The Morgan fingerprint density at radius 1 is 1.25 bits per heavy atom. The maximum atomic E-state index is 11.8. The Balaban J connectivity index is 0.000000621. The van der Waals surface area contributed by atoms with E-state index < -0.39 is 5.20 Å². The summed E-state index contributed by atoms with van der Waals surface area (Å²) in [5, 5.41) is -3.01. The standard InChI is InChI=1S/C11H14ClNO2.Cl3OP/c1-7(2)8(3)13-5-4-10(12)9(6-14)11(13)15;1-5(2,3)4/h4-8H,1-3H3;. The molecule has 0 aromatic carbocycles. The number of pyridine rings is 1. The van der Waals surface area contributed by atoms with Gasteiger partial charge in [0.1, 0.15) is 0 Å². The molecule has 0 bridgehead atoms. The molecule has 1 heterocycles. The zero-order valence-electron chi connectivity index (χ0n) is 11.0. The Morgan fingerprint density at radius 2 is 1.70 bits per heavy atom. The largest absolute Gasteiger partial charge is 0.339 e. The molecule has 114 valence electrons. The second kappa shape index (κ2) is 8.45. The number of carbonyl (C=O) groups is 1. The molecule has 20 heavy (non-hydrogen) atoms.